The predicted octanol–water partition coefficient (Wildman–Crippen LogP) is 4.89. The number of carbonyl (C=O) groups excluding carboxylic acids is 1. The Labute approximate surface area is 168 Å². The van der Waals surface area contributed by atoms with Gasteiger partial charge in [-0.1, -0.05) is 41.9 Å². The summed E-state index contributed by atoms with van der Waals surface area (Å²) in [4.78, 5) is 11.9. The largest absolute Gasteiger partial charge is 0.493 e. The summed E-state index contributed by atoms with van der Waals surface area (Å²) in [5.74, 6) is 1.55. The van der Waals surface area contributed by atoms with Crippen molar-refractivity contribution in [1.29, 1.82) is 0 Å². The quantitative estimate of drug-likeness (QED) is 0.453. The van der Waals surface area contributed by atoms with Gasteiger partial charge in [-0.2, -0.15) is 5.10 Å². The Kier molecular flexibility index (Phi) is 8.33. The van der Waals surface area contributed by atoms with E-state index in [2.05, 4.69) is 40.3 Å². The predicted molar refractivity (Wildman–Crippen MR) is 112 cm³/mol. The van der Waals surface area contributed by atoms with Crippen LogP contribution < -0.4 is 14.9 Å². The molecule has 0 unspecified atom stereocenters. The number of halogens is 1. The van der Waals surface area contributed by atoms with Crippen molar-refractivity contribution in [3.05, 3.63) is 58.1 Å². The molecule has 0 heterocycles. The minimum Gasteiger partial charge on any atom is -0.493 e. The molecule has 0 aliphatic carbocycles. The fraction of sp³-hybridized carbons (Fsp3) is 0.333. The summed E-state index contributed by atoms with van der Waals surface area (Å²) in [5.41, 5.74) is 4.50. The Morgan fingerprint density at radius 2 is 1.93 bits per heavy atom. The topological polar surface area (TPSA) is 59.9 Å². The summed E-state index contributed by atoms with van der Waals surface area (Å²) in [5, 5.41) is 3.98. The Hall–Kier alpha value is -2.34. The van der Waals surface area contributed by atoms with E-state index in [0.717, 1.165) is 16.5 Å². The zero-order valence-corrected chi connectivity index (χ0v) is 17.5. The van der Waals surface area contributed by atoms with Gasteiger partial charge in [0.1, 0.15) is 11.5 Å². The van der Waals surface area contributed by atoms with E-state index in [9.17, 15) is 4.79 Å². The van der Waals surface area contributed by atoms with Gasteiger partial charge < -0.3 is 9.47 Å². The second kappa shape index (κ2) is 10.7. The standard InChI is InChI=1S/C21H25BrN2O3/c1-4-15(3)16-6-9-19(10-7-16)27-14-21(25)24-23-13-17-12-18(22)8-11-20(17)26-5-2/h6-13,15H,4-5,14H2,1-3H3,(H,24,25)/b23-13-/t15-/m1/s1. The number of rotatable bonds is 9. The van der Waals surface area contributed by atoms with Crippen LogP contribution in [0.25, 0.3) is 0 Å². The van der Waals surface area contributed by atoms with Gasteiger partial charge in [0.2, 0.25) is 0 Å². The molecule has 144 valence electrons. The molecule has 1 N–H and O–H groups in total. The third kappa shape index (κ3) is 6.71. The molecule has 6 heteroatoms. The zero-order chi connectivity index (χ0) is 19.6. The third-order valence-electron chi connectivity index (χ3n) is 4.10. The molecule has 0 saturated heterocycles. The van der Waals surface area contributed by atoms with E-state index in [1.165, 1.54) is 5.56 Å². The summed E-state index contributed by atoms with van der Waals surface area (Å²) in [6.07, 6.45) is 2.64. The fourth-order valence-electron chi connectivity index (χ4n) is 2.39. The molecule has 2 aromatic rings. The van der Waals surface area contributed by atoms with Crippen molar-refractivity contribution in [2.45, 2.75) is 33.1 Å². The number of hydrogen-bond acceptors (Lipinski definition) is 4. The van der Waals surface area contributed by atoms with Gasteiger partial charge in [-0.3, -0.25) is 4.79 Å². The number of nitrogens with one attached hydrogen (secondary N) is 1. The van der Waals surface area contributed by atoms with Crippen molar-refractivity contribution >= 4 is 28.1 Å². The average Bonchev–Trinajstić information content (AvgIpc) is 2.68. The van der Waals surface area contributed by atoms with Crippen molar-refractivity contribution < 1.29 is 14.3 Å². The number of amides is 1. The Bertz CT molecular complexity index is 775. The maximum atomic E-state index is 11.9. The number of carbonyl (C=O) groups is 1. The normalized spacial score (nSPS) is 12.0. The van der Waals surface area contributed by atoms with Crippen LogP contribution in [0.15, 0.2) is 52.0 Å². The molecule has 0 spiro atoms. The highest BCUT2D eigenvalue weighted by Gasteiger charge is 2.05. The van der Waals surface area contributed by atoms with E-state index in [1.807, 2.05) is 49.4 Å². The van der Waals surface area contributed by atoms with Crippen molar-refractivity contribution in [3.8, 4) is 11.5 Å². The molecule has 0 saturated carbocycles. The van der Waals surface area contributed by atoms with Crippen LogP contribution in [0, 0.1) is 0 Å². The summed E-state index contributed by atoms with van der Waals surface area (Å²) in [6, 6.07) is 13.4. The zero-order valence-electron chi connectivity index (χ0n) is 15.9. The molecule has 1 amide bonds. The lowest BCUT2D eigenvalue weighted by molar-refractivity contribution is -0.123. The van der Waals surface area contributed by atoms with E-state index < -0.39 is 0 Å². The van der Waals surface area contributed by atoms with Gasteiger partial charge in [0.05, 0.1) is 12.8 Å². The van der Waals surface area contributed by atoms with Gasteiger partial charge in [0.25, 0.3) is 5.91 Å². The van der Waals surface area contributed by atoms with Crippen LogP contribution in [0.1, 0.15) is 44.2 Å². The molecule has 0 aliphatic rings. The molecule has 27 heavy (non-hydrogen) atoms. The van der Waals surface area contributed by atoms with Crippen LogP contribution in [-0.4, -0.2) is 25.3 Å². The fourth-order valence-corrected chi connectivity index (χ4v) is 2.77. The minimum atomic E-state index is -0.329. The molecule has 2 aromatic carbocycles. The second-order valence-corrected chi connectivity index (χ2v) is 6.99. The minimum absolute atomic E-state index is 0.100. The van der Waals surface area contributed by atoms with E-state index in [0.29, 0.717) is 24.0 Å². The van der Waals surface area contributed by atoms with Gasteiger partial charge in [-0.25, -0.2) is 5.43 Å². The van der Waals surface area contributed by atoms with Gasteiger partial charge in [0.15, 0.2) is 6.61 Å². The third-order valence-corrected chi connectivity index (χ3v) is 4.59. The van der Waals surface area contributed by atoms with Gasteiger partial charge in [0, 0.05) is 10.0 Å². The van der Waals surface area contributed by atoms with E-state index in [1.54, 1.807) is 6.21 Å². The average molecular weight is 433 g/mol. The number of benzene rings is 2. The molecular formula is C21H25BrN2O3. The highest BCUT2D eigenvalue weighted by atomic mass is 79.9. The monoisotopic (exact) mass is 432 g/mol. The first-order valence-corrected chi connectivity index (χ1v) is 9.79. The summed E-state index contributed by atoms with van der Waals surface area (Å²) < 4.78 is 11.9. The number of hydrogen-bond donors (Lipinski definition) is 1. The maximum absolute atomic E-state index is 11.9. The first-order valence-electron chi connectivity index (χ1n) is 9.00. The summed E-state index contributed by atoms with van der Waals surface area (Å²) >= 11 is 3.41. The molecule has 0 fully saturated rings. The number of hydrazone groups is 1. The number of nitrogens with zero attached hydrogens (tertiary/aromatic N) is 1. The van der Waals surface area contributed by atoms with Crippen LogP contribution in [0.3, 0.4) is 0 Å². The summed E-state index contributed by atoms with van der Waals surface area (Å²) in [6.45, 7) is 6.71. The summed E-state index contributed by atoms with van der Waals surface area (Å²) in [7, 11) is 0. The molecule has 1 atom stereocenters. The van der Waals surface area contributed by atoms with Crippen molar-refractivity contribution in [1.82, 2.24) is 5.43 Å². The molecule has 0 bridgehead atoms. The molecule has 0 radical (unpaired) electrons. The van der Waals surface area contributed by atoms with E-state index in [-0.39, 0.29) is 12.5 Å². The van der Waals surface area contributed by atoms with Crippen LogP contribution in [0.4, 0.5) is 0 Å². The van der Waals surface area contributed by atoms with Crippen molar-refractivity contribution in [2.75, 3.05) is 13.2 Å². The lowest BCUT2D eigenvalue weighted by atomic mass is 9.99. The highest BCUT2D eigenvalue weighted by molar-refractivity contribution is 9.10. The van der Waals surface area contributed by atoms with Crippen molar-refractivity contribution in [3.63, 3.8) is 0 Å². The lowest BCUT2D eigenvalue weighted by Gasteiger charge is -2.10. The van der Waals surface area contributed by atoms with Gasteiger partial charge in [-0.05, 0) is 55.2 Å². The molecule has 2 rings (SSSR count). The first-order chi connectivity index (χ1) is 13.0. The maximum Gasteiger partial charge on any atom is 0.277 e. The van der Waals surface area contributed by atoms with Crippen LogP contribution in [0.2, 0.25) is 0 Å². The van der Waals surface area contributed by atoms with Crippen LogP contribution >= 0.6 is 15.9 Å². The lowest BCUT2D eigenvalue weighted by Crippen LogP contribution is -2.24. The van der Waals surface area contributed by atoms with Crippen molar-refractivity contribution in [2.24, 2.45) is 5.10 Å². The Balaban J connectivity index is 1.86. The van der Waals surface area contributed by atoms with Gasteiger partial charge >= 0.3 is 0 Å². The van der Waals surface area contributed by atoms with Crippen LogP contribution in [-0.2, 0) is 4.79 Å². The van der Waals surface area contributed by atoms with E-state index in [4.69, 9.17) is 9.47 Å². The molecule has 5 nitrogen and oxygen atoms in total. The second-order valence-electron chi connectivity index (χ2n) is 6.08. The SMILES string of the molecule is CCOc1ccc(Br)cc1/C=N\NC(=O)COc1ccc([C@H](C)CC)cc1. The Morgan fingerprint density at radius 1 is 1.19 bits per heavy atom. The smallest absolute Gasteiger partial charge is 0.277 e. The van der Waals surface area contributed by atoms with Crippen LogP contribution in [0.5, 0.6) is 11.5 Å². The highest BCUT2D eigenvalue weighted by Crippen LogP contribution is 2.22. The molecule has 0 aliphatic heterocycles. The number of ether oxygens (including phenoxy) is 2. The Morgan fingerprint density at radius 3 is 2.59 bits per heavy atom. The molecular weight excluding hydrogens is 408 g/mol. The first kappa shape index (κ1) is 21.0. The molecule has 0 aromatic heterocycles. The van der Waals surface area contributed by atoms with Gasteiger partial charge in [-0.15, -0.1) is 0 Å². The van der Waals surface area contributed by atoms with E-state index >= 15 is 0 Å².